The van der Waals surface area contributed by atoms with Crippen LogP contribution in [0.5, 0.6) is 5.75 Å². The highest BCUT2D eigenvalue weighted by atomic mass is 35.5. The van der Waals surface area contributed by atoms with E-state index < -0.39 is 29.2 Å². The molecule has 0 spiro atoms. The van der Waals surface area contributed by atoms with Crippen molar-refractivity contribution in [1.29, 1.82) is 0 Å². The van der Waals surface area contributed by atoms with Gasteiger partial charge < -0.3 is 15.3 Å². The average Bonchev–Trinajstić information content (AvgIpc) is 2.91. The molecule has 200 valence electrons. The smallest absolute Gasteiger partial charge is 0.416 e. The molecule has 2 N–H and O–H groups in total. The van der Waals surface area contributed by atoms with Gasteiger partial charge in [0.05, 0.1) is 23.3 Å². The van der Waals surface area contributed by atoms with Gasteiger partial charge in [-0.1, -0.05) is 70.8 Å². The minimum absolute atomic E-state index is 0.00800. The van der Waals surface area contributed by atoms with Crippen molar-refractivity contribution < 1.29 is 31.9 Å². The van der Waals surface area contributed by atoms with Gasteiger partial charge in [-0.25, -0.2) is 19.2 Å². The summed E-state index contributed by atoms with van der Waals surface area (Å²) in [6.07, 6.45) is -4.54. The van der Waals surface area contributed by atoms with Crippen LogP contribution in [0.4, 0.5) is 23.4 Å². The molecule has 0 radical (unpaired) electrons. The van der Waals surface area contributed by atoms with Gasteiger partial charge in [0.15, 0.2) is 23.1 Å². The molecule has 7 nitrogen and oxygen atoms in total. The molecule has 0 aliphatic rings. The summed E-state index contributed by atoms with van der Waals surface area (Å²) >= 11 is 12.1. The van der Waals surface area contributed by atoms with E-state index in [1.54, 1.807) is 30.3 Å². The summed E-state index contributed by atoms with van der Waals surface area (Å²) in [7, 11) is 1.22. The highest BCUT2D eigenvalue weighted by Gasteiger charge is 2.30. The number of rotatable bonds is 6. The van der Waals surface area contributed by atoms with E-state index >= 15 is 0 Å². The molecule has 3 aromatic carbocycles. The van der Waals surface area contributed by atoms with Crippen molar-refractivity contribution in [2.45, 2.75) is 6.18 Å². The van der Waals surface area contributed by atoms with Crippen molar-refractivity contribution in [3.05, 3.63) is 105 Å². The molecule has 39 heavy (non-hydrogen) atoms. The van der Waals surface area contributed by atoms with E-state index in [1.165, 1.54) is 31.4 Å². The van der Waals surface area contributed by atoms with Gasteiger partial charge in [-0.2, -0.15) is 13.2 Å². The van der Waals surface area contributed by atoms with Crippen molar-refractivity contribution in [2.75, 3.05) is 12.8 Å². The van der Waals surface area contributed by atoms with Gasteiger partial charge in [-0.15, -0.1) is 0 Å². The van der Waals surface area contributed by atoms with Crippen LogP contribution in [-0.4, -0.2) is 28.8 Å². The summed E-state index contributed by atoms with van der Waals surface area (Å²) in [5.41, 5.74) is 4.97. The molecule has 4 rings (SSSR count). The Bertz CT molecular complexity index is 1560. The maximum atomic E-state index is 14.9. The molecule has 0 bridgehead atoms. The fourth-order valence-electron chi connectivity index (χ4n) is 3.43. The molecule has 0 aliphatic carbocycles. The Balaban J connectivity index is 1.73. The van der Waals surface area contributed by atoms with Crippen LogP contribution in [0.1, 0.15) is 27.2 Å². The Morgan fingerprint density at radius 1 is 0.949 bits per heavy atom. The molecule has 1 heterocycles. The van der Waals surface area contributed by atoms with Gasteiger partial charge in [0.1, 0.15) is 16.6 Å². The van der Waals surface area contributed by atoms with E-state index in [2.05, 4.69) is 15.1 Å². The summed E-state index contributed by atoms with van der Waals surface area (Å²) in [4.78, 5) is 26.0. The highest BCUT2D eigenvalue weighted by molar-refractivity contribution is 6.35. The van der Waals surface area contributed by atoms with Gasteiger partial charge in [0.25, 0.3) is 0 Å². The normalized spacial score (nSPS) is 11.8. The van der Waals surface area contributed by atoms with E-state index in [0.29, 0.717) is 5.56 Å². The van der Waals surface area contributed by atoms with Crippen molar-refractivity contribution in [2.24, 2.45) is 5.16 Å². The number of nitrogens with two attached hydrogens (primary N) is 1. The van der Waals surface area contributed by atoms with Crippen molar-refractivity contribution in [3.63, 3.8) is 0 Å². The highest BCUT2D eigenvalue weighted by Crippen LogP contribution is 2.35. The fraction of sp³-hybridized carbons (Fsp3) is 0.0769. The lowest BCUT2D eigenvalue weighted by molar-refractivity contribution is -0.137. The lowest BCUT2D eigenvalue weighted by atomic mass is 10.0. The number of hydrogen-bond acceptors (Lipinski definition) is 7. The zero-order valence-electron chi connectivity index (χ0n) is 19.8. The van der Waals surface area contributed by atoms with Crippen LogP contribution in [0.25, 0.3) is 11.4 Å². The number of carbonyl (C=O) groups excluding carboxylic acids is 1. The molecule has 1 aromatic heterocycles. The Morgan fingerprint density at radius 2 is 1.59 bits per heavy atom. The summed E-state index contributed by atoms with van der Waals surface area (Å²) < 4.78 is 59.0. The maximum Gasteiger partial charge on any atom is 0.416 e. The number of hydrogen-bond donors (Lipinski definition) is 1. The predicted molar refractivity (Wildman–Crippen MR) is 137 cm³/mol. The summed E-state index contributed by atoms with van der Waals surface area (Å²) in [6.45, 7) is 0. The zero-order chi connectivity index (χ0) is 28.3. The second-order valence-electron chi connectivity index (χ2n) is 7.80. The van der Waals surface area contributed by atoms with Crippen molar-refractivity contribution in [3.8, 4) is 17.1 Å². The summed E-state index contributed by atoms with van der Waals surface area (Å²) in [5, 5.41) is 3.49. The number of anilines is 1. The summed E-state index contributed by atoms with van der Waals surface area (Å²) in [5.74, 6) is -3.03. The third-order valence-electron chi connectivity index (χ3n) is 5.32. The van der Waals surface area contributed by atoms with Crippen LogP contribution in [0, 0.1) is 5.82 Å². The third kappa shape index (κ3) is 5.94. The van der Waals surface area contributed by atoms with E-state index in [1.807, 2.05) is 0 Å². The Hall–Kier alpha value is -4.22. The molecule has 0 atom stereocenters. The first-order valence-corrected chi connectivity index (χ1v) is 11.6. The van der Waals surface area contributed by atoms with E-state index in [4.69, 9.17) is 38.5 Å². The lowest BCUT2D eigenvalue weighted by Crippen LogP contribution is -2.12. The van der Waals surface area contributed by atoms with Gasteiger partial charge in [0, 0.05) is 11.1 Å². The molecular formula is C26H16Cl2F4N4O3. The summed E-state index contributed by atoms with van der Waals surface area (Å²) in [6, 6.07) is 15.0. The largest absolute Gasteiger partial charge is 0.492 e. The van der Waals surface area contributed by atoms with Gasteiger partial charge in [0.2, 0.25) is 0 Å². The van der Waals surface area contributed by atoms with Gasteiger partial charge >= 0.3 is 12.1 Å². The van der Waals surface area contributed by atoms with Crippen LogP contribution in [-0.2, 0) is 11.0 Å². The predicted octanol–water partition coefficient (Wildman–Crippen LogP) is 6.81. The topological polar surface area (TPSA) is 99.7 Å². The van der Waals surface area contributed by atoms with Crippen molar-refractivity contribution >= 4 is 40.7 Å². The first-order chi connectivity index (χ1) is 18.5. The van der Waals surface area contributed by atoms with Gasteiger partial charge in [-0.3, -0.25) is 0 Å². The molecule has 0 aliphatic heterocycles. The molecule has 0 fully saturated rings. The number of carbonyl (C=O) groups is 1. The number of halogens is 6. The second kappa shape index (κ2) is 11.3. The number of oxime groups is 1. The number of nitrogen functional groups attached to an aromatic ring is 1. The molecule has 0 saturated heterocycles. The van der Waals surface area contributed by atoms with Crippen LogP contribution in [0.15, 0.2) is 71.9 Å². The Labute approximate surface area is 228 Å². The monoisotopic (exact) mass is 578 g/mol. The van der Waals surface area contributed by atoms with Crippen LogP contribution < -0.4 is 10.5 Å². The fourth-order valence-corrected chi connectivity index (χ4v) is 3.81. The van der Waals surface area contributed by atoms with Crippen LogP contribution in [0.3, 0.4) is 0 Å². The number of alkyl halides is 3. The van der Waals surface area contributed by atoms with Gasteiger partial charge in [-0.05, 0) is 24.3 Å². The molecule has 0 saturated carbocycles. The maximum absolute atomic E-state index is 14.9. The minimum atomic E-state index is -4.54. The standard InChI is InChI=1S/C26H16Cl2F4N4O3/c1-38-22-17(27)12-11-16(19(22)29)24-34-21(18(28)23(33)35-24)25(37)39-36-20(13-5-3-2-4-6-13)14-7-9-15(10-8-14)26(30,31)32/h2-12H,1H3,(H2,33,34,35)/b36-20-. The number of ether oxygens (including phenoxy) is 1. The van der Waals surface area contributed by atoms with Crippen molar-refractivity contribution in [1.82, 2.24) is 9.97 Å². The van der Waals surface area contributed by atoms with E-state index in [0.717, 1.165) is 12.1 Å². The van der Waals surface area contributed by atoms with E-state index in [9.17, 15) is 22.4 Å². The lowest BCUT2D eigenvalue weighted by Gasteiger charge is -2.11. The number of aromatic nitrogens is 2. The SMILES string of the molecule is COc1c(Cl)ccc(-c2nc(N)c(Cl)c(C(=O)O/N=C(/c3ccccc3)c3ccc(C(F)(F)F)cc3)n2)c1F. The Morgan fingerprint density at radius 3 is 2.21 bits per heavy atom. The zero-order valence-corrected chi connectivity index (χ0v) is 21.3. The van der Waals surface area contributed by atoms with Crippen LogP contribution >= 0.6 is 23.2 Å². The number of methoxy groups -OCH3 is 1. The second-order valence-corrected chi connectivity index (χ2v) is 8.58. The quantitative estimate of drug-likeness (QED) is 0.117. The molecule has 0 unspecified atom stereocenters. The minimum Gasteiger partial charge on any atom is -0.492 e. The van der Waals surface area contributed by atoms with E-state index in [-0.39, 0.29) is 44.3 Å². The first kappa shape index (κ1) is 27.8. The molecular weight excluding hydrogens is 563 g/mol. The Kier molecular flexibility index (Phi) is 8.03. The number of benzene rings is 3. The number of nitrogens with zero attached hydrogens (tertiary/aromatic N) is 3. The third-order valence-corrected chi connectivity index (χ3v) is 5.99. The molecule has 0 amide bonds. The first-order valence-electron chi connectivity index (χ1n) is 10.9. The molecule has 13 heteroatoms. The average molecular weight is 579 g/mol. The molecule has 4 aromatic rings. The van der Waals surface area contributed by atoms with Crippen LogP contribution in [0.2, 0.25) is 10.0 Å².